The van der Waals surface area contributed by atoms with Crippen LogP contribution in [0.15, 0.2) is 66.4 Å². The van der Waals surface area contributed by atoms with Crippen molar-refractivity contribution in [3.8, 4) is 5.75 Å². The van der Waals surface area contributed by atoms with Gasteiger partial charge < -0.3 is 53.6 Å². The van der Waals surface area contributed by atoms with E-state index in [1.165, 1.54) is 19.1 Å². The number of piperidine rings is 1. The smallest absolute Gasteiger partial charge is 0.329 e. The molecule has 4 aliphatic rings. The summed E-state index contributed by atoms with van der Waals surface area (Å²) in [5.74, 6) is -8.09. The number of carbonyl (C=O) groups is 4. The molecule has 0 radical (unpaired) electrons. The van der Waals surface area contributed by atoms with Gasteiger partial charge in [-0.25, -0.2) is 4.79 Å². The molecule has 0 spiro atoms. The Morgan fingerprint density at radius 1 is 0.940 bits per heavy atom. The summed E-state index contributed by atoms with van der Waals surface area (Å²) in [6.07, 6.45) is 4.57. The topological polar surface area (TPSA) is 203 Å². The van der Waals surface area contributed by atoms with Crippen LogP contribution in [-0.2, 0) is 42.9 Å². The summed E-state index contributed by atoms with van der Waals surface area (Å²) >= 11 is 0. The maximum absolute atomic E-state index is 14.6. The van der Waals surface area contributed by atoms with Gasteiger partial charge in [-0.15, -0.1) is 6.58 Å². The summed E-state index contributed by atoms with van der Waals surface area (Å²) < 4.78 is 36.8. The fourth-order valence-electron chi connectivity index (χ4n) is 10.7. The normalized spacial score (nSPS) is 37.0. The molecule has 2 saturated heterocycles. The monoisotopic (exact) mass is 935 g/mol. The lowest BCUT2D eigenvalue weighted by atomic mass is 9.81. The first kappa shape index (κ1) is 52.2. The van der Waals surface area contributed by atoms with Crippen LogP contribution in [-0.4, -0.2) is 137 Å². The Morgan fingerprint density at radius 3 is 2.36 bits per heavy atom. The van der Waals surface area contributed by atoms with Gasteiger partial charge in [0, 0.05) is 69.1 Å². The van der Waals surface area contributed by atoms with Gasteiger partial charge in [0.1, 0.15) is 35.9 Å². The number of ketones is 2. The molecular formula is C52H74N2O13. The molecular weight excluding hydrogens is 861 g/mol. The Balaban J connectivity index is 1.33. The largest absolute Gasteiger partial charge is 0.488 e. The van der Waals surface area contributed by atoms with E-state index < -0.39 is 89.8 Å². The average molecular weight is 935 g/mol. The van der Waals surface area contributed by atoms with Crippen molar-refractivity contribution in [1.82, 2.24) is 9.88 Å². The van der Waals surface area contributed by atoms with E-state index in [0.717, 1.165) is 23.1 Å². The number of fused-ring (bicyclic) bond motifs is 4. The molecule has 4 heterocycles. The van der Waals surface area contributed by atoms with Crippen LogP contribution in [0.25, 0.3) is 10.9 Å². The third kappa shape index (κ3) is 11.8. The molecule has 3 fully saturated rings. The van der Waals surface area contributed by atoms with E-state index in [9.17, 15) is 34.5 Å². The van der Waals surface area contributed by atoms with Crippen molar-refractivity contribution in [2.75, 3.05) is 27.9 Å². The molecule has 2 aromatic rings. The first-order valence-electron chi connectivity index (χ1n) is 24.1. The number of aromatic nitrogens is 1. The zero-order valence-corrected chi connectivity index (χ0v) is 40.6. The first-order chi connectivity index (χ1) is 31.9. The number of methoxy groups -OCH3 is 3. The summed E-state index contributed by atoms with van der Waals surface area (Å²) in [5.41, 5.74) is 2.18. The van der Waals surface area contributed by atoms with E-state index >= 15 is 0 Å². The van der Waals surface area contributed by atoms with Gasteiger partial charge >= 0.3 is 5.97 Å². The number of rotatable bonds is 9. The SMILES string of the molecule is C=CCC1C=C(C)C(O)C(C)CC(OC)C2OC(O)(C(=O)C(=O)N3CCCCC3C(=O)OC(C(C)=CC3CCC(Oc4ccc5[nH]ccc5c4)C(OC)C3)C(C)C(O)CC1=O)C(C)CC2OC. The predicted molar refractivity (Wildman–Crippen MR) is 251 cm³/mol. The molecule has 67 heavy (non-hydrogen) atoms. The van der Waals surface area contributed by atoms with Crippen LogP contribution in [0.5, 0.6) is 5.75 Å². The number of nitrogens with one attached hydrogen (secondary N) is 1. The minimum absolute atomic E-state index is 0.0199. The average Bonchev–Trinajstić information content (AvgIpc) is 3.80. The number of H-pyrrole nitrogens is 1. The Labute approximate surface area is 395 Å². The van der Waals surface area contributed by atoms with Crippen LogP contribution in [0.4, 0.5) is 0 Å². The fraction of sp³-hybridized carbons (Fsp3) is 0.654. The number of hydrogen-bond donors (Lipinski definition) is 4. The van der Waals surface area contributed by atoms with Gasteiger partial charge in [0.15, 0.2) is 0 Å². The zero-order chi connectivity index (χ0) is 48.7. The Bertz CT molecular complexity index is 2120. The van der Waals surface area contributed by atoms with Crippen LogP contribution in [0, 0.1) is 29.6 Å². The van der Waals surface area contributed by atoms with Crippen LogP contribution >= 0.6 is 0 Å². The van der Waals surface area contributed by atoms with Gasteiger partial charge in [0.05, 0.1) is 30.5 Å². The van der Waals surface area contributed by atoms with Gasteiger partial charge in [-0.05, 0) is 119 Å². The van der Waals surface area contributed by atoms with E-state index in [-0.39, 0.29) is 62.6 Å². The molecule has 15 unspecified atom stereocenters. The number of aliphatic hydroxyl groups excluding tert-OH is 2. The second-order valence-corrected chi connectivity index (χ2v) is 19.6. The lowest BCUT2D eigenvalue weighted by Crippen LogP contribution is -2.64. The number of aliphatic hydroxyl groups is 3. The van der Waals surface area contributed by atoms with E-state index in [2.05, 4.69) is 11.6 Å². The number of nitrogens with zero attached hydrogens (tertiary/aromatic N) is 1. The molecule has 1 aromatic carbocycles. The minimum Gasteiger partial charge on any atom is -0.488 e. The number of amides is 1. The predicted octanol–water partition coefficient (Wildman–Crippen LogP) is 6.18. The third-order valence-corrected chi connectivity index (χ3v) is 14.9. The molecule has 6 rings (SSSR count). The highest BCUT2D eigenvalue weighted by Crippen LogP contribution is 2.40. The number of carbonyl (C=O) groups excluding carboxylic acids is 4. The second-order valence-electron chi connectivity index (χ2n) is 19.6. The number of hydrogen-bond acceptors (Lipinski definition) is 13. The Hall–Kier alpha value is -4.22. The summed E-state index contributed by atoms with van der Waals surface area (Å²) in [6, 6.07) is 6.73. The number of cyclic esters (lactones) is 1. The molecule has 15 nitrogen and oxygen atoms in total. The van der Waals surface area contributed by atoms with Crippen molar-refractivity contribution < 1.29 is 62.9 Å². The maximum atomic E-state index is 14.6. The molecule has 3 aliphatic heterocycles. The van der Waals surface area contributed by atoms with Gasteiger partial charge in [-0.1, -0.05) is 39.0 Å². The fourth-order valence-corrected chi connectivity index (χ4v) is 10.7. The van der Waals surface area contributed by atoms with Crippen LogP contribution in [0.2, 0.25) is 0 Å². The first-order valence-corrected chi connectivity index (χ1v) is 24.1. The molecule has 15 atom stereocenters. The summed E-state index contributed by atoms with van der Waals surface area (Å²) in [7, 11) is 4.60. The second kappa shape index (κ2) is 22.9. The Kier molecular flexibility index (Phi) is 17.8. The van der Waals surface area contributed by atoms with E-state index in [1.54, 1.807) is 40.0 Å². The number of benzene rings is 1. The lowest BCUT2D eigenvalue weighted by Gasteiger charge is -2.47. The number of esters is 1. The van der Waals surface area contributed by atoms with Crippen molar-refractivity contribution in [3.05, 3.63) is 66.4 Å². The van der Waals surface area contributed by atoms with Crippen molar-refractivity contribution in [2.24, 2.45) is 29.6 Å². The lowest BCUT2D eigenvalue weighted by molar-refractivity contribution is -0.302. The summed E-state index contributed by atoms with van der Waals surface area (Å²) in [6.45, 7) is 12.6. The number of aromatic amines is 1. The highest BCUT2D eigenvalue weighted by atomic mass is 16.7. The maximum Gasteiger partial charge on any atom is 0.329 e. The van der Waals surface area contributed by atoms with Crippen molar-refractivity contribution in [3.63, 3.8) is 0 Å². The van der Waals surface area contributed by atoms with Gasteiger partial charge in [-0.2, -0.15) is 0 Å². The summed E-state index contributed by atoms with van der Waals surface area (Å²) in [4.78, 5) is 61.8. The quantitative estimate of drug-likeness (QED) is 0.126. The van der Waals surface area contributed by atoms with Crippen molar-refractivity contribution >= 4 is 34.3 Å². The van der Waals surface area contributed by atoms with Gasteiger partial charge in [0.2, 0.25) is 5.79 Å². The molecule has 4 N–H and O–H groups in total. The van der Waals surface area contributed by atoms with Crippen LogP contribution < -0.4 is 4.74 Å². The molecule has 370 valence electrons. The highest BCUT2D eigenvalue weighted by molar-refractivity contribution is 6.39. The molecule has 2 bridgehead atoms. The summed E-state index contributed by atoms with van der Waals surface area (Å²) in [5, 5.41) is 36.7. The minimum atomic E-state index is -2.59. The standard InChI is InChI=1S/C52H74N2O13/c1-10-13-36-23-29(2)46(57)30(3)24-44(63-8)48-45(64-9)25-32(5)52(61,67-48)49(58)50(59)54-21-12-11-14-39(54)51(60)66-47(33(6)40(55)28-41(36)56)31(4)22-34-15-18-42(43(26-34)62-7)65-37-16-17-38-35(27-37)19-20-53-38/h10,16-17,19-20,22-23,27,30,32-34,36,39-40,42-48,53,55,57,61H,1,11-15,18,21,24-26,28H2,2-9H3. The van der Waals surface area contributed by atoms with Crippen LogP contribution in [0.3, 0.4) is 0 Å². The molecule has 1 aromatic heterocycles. The highest BCUT2D eigenvalue weighted by Gasteiger charge is 2.57. The molecule has 1 amide bonds. The van der Waals surface area contributed by atoms with Crippen molar-refractivity contribution in [1.29, 1.82) is 0 Å². The molecule has 1 aliphatic carbocycles. The number of ether oxygens (including phenoxy) is 6. The number of Topliss-reactive ketones (excluding diaryl/α,β-unsaturated/α-hetero) is 2. The number of allylic oxidation sites excluding steroid dienone is 3. The van der Waals surface area contributed by atoms with Gasteiger partial charge in [-0.3, -0.25) is 14.4 Å². The van der Waals surface area contributed by atoms with E-state index in [1.807, 2.05) is 50.4 Å². The van der Waals surface area contributed by atoms with E-state index in [0.29, 0.717) is 36.8 Å². The molecule has 15 heteroatoms. The van der Waals surface area contributed by atoms with Crippen LogP contribution in [0.1, 0.15) is 98.8 Å². The van der Waals surface area contributed by atoms with E-state index in [4.69, 9.17) is 28.4 Å². The van der Waals surface area contributed by atoms with Gasteiger partial charge in [0.25, 0.3) is 11.7 Å². The van der Waals surface area contributed by atoms with Crippen molar-refractivity contribution in [2.45, 2.75) is 159 Å². The Morgan fingerprint density at radius 2 is 1.66 bits per heavy atom. The zero-order valence-electron chi connectivity index (χ0n) is 40.6. The molecule has 1 saturated carbocycles. The third-order valence-electron chi connectivity index (χ3n) is 14.9.